The summed E-state index contributed by atoms with van der Waals surface area (Å²) in [5.74, 6) is 0. The number of hydrogen-bond donors (Lipinski definition) is 0. The van der Waals surface area contributed by atoms with Gasteiger partial charge in [-0.3, -0.25) is 0 Å². The van der Waals surface area contributed by atoms with Crippen molar-refractivity contribution in [3.05, 3.63) is 0 Å². The average molecular weight is 195 g/mol. The minimum absolute atomic E-state index is 0.0638. The van der Waals surface area contributed by atoms with E-state index in [1.165, 1.54) is 25.7 Å². The fraction of sp³-hybridized carbons (Fsp3) is 0.917. The van der Waals surface area contributed by atoms with Crippen LogP contribution in [0.2, 0.25) is 0 Å². The molecular weight excluding hydrogens is 174 g/mol. The highest BCUT2D eigenvalue weighted by molar-refractivity contribution is 4.99. The number of ether oxygens (including phenoxy) is 1. The van der Waals surface area contributed by atoms with Gasteiger partial charge in [0.25, 0.3) is 0 Å². The molecule has 0 aromatic rings. The summed E-state index contributed by atoms with van der Waals surface area (Å²) < 4.78 is 5.35. The second-order valence-corrected chi connectivity index (χ2v) is 4.25. The Morgan fingerprint density at radius 1 is 1.21 bits per heavy atom. The number of hydrogen-bond acceptors (Lipinski definition) is 2. The predicted octanol–water partition coefficient (Wildman–Crippen LogP) is 3.28. The van der Waals surface area contributed by atoms with E-state index in [1.807, 2.05) is 6.92 Å². The Balaban J connectivity index is 2.42. The van der Waals surface area contributed by atoms with Gasteiger partial charge in [0.1, 0.15) is 0 Å². The highest BCUT2D eigenvalue weighted by Gasteiger charge is 2.30. The number of rotatable bonds is 4. The largest absolute Gasteiger partial charge is 0.382 e. The topological polar surface area (TPSA) is 33.0 Å². The first-order valence-corrected chi connectivity index (χ1v) is 5.82. The fourth-order valence-electron chi connectivity index (χ4n) is 2.23. The smallest absolute Gasteiger partial charge is 0.0690 e. The van der Waals surface area contributed by atoms with Crippen LogP contribution in [-0.2, 0) is 4.74 Å². The molecule has 0 radical (unpaired) electrons. The lowest BCUT2D eigenvalue weighted by atomic mass is 9.79. The normalized spacial score (nSPS) is 21.1. The van der Waals surface area contributed by atoms with Crippen molar-refractivity contribution in [2.75, 3.05) is 13.2 Å². The van der Waals surface area contributed by atoms with E-state index in [0.29, 0.717) is 0 Å². The Morgan fingerprint density at radius 3 is 2.36 bits per heavy atom. The number of nitriles is 1. The van der Waals surface area contributed by atoms with E-state index in [-0.39, 0.29) is 5.41 Å². The molecule has 0 spiro atoms. The molecule has 0 aromatic heterocycles. The van der Waals surface area contributed by atoms with E-state index >= 15 is 0 Å². The van der Waals surface area contributed by atoms with E-state index in [2.05, 4.69) is 6.07 Å². The van der Waals surface area contributed by atoms with E-state index in [0.717, 1.165) is 32.5 Å². The number of nitrogens with zero attached hydrogens (tertiary/aromatic N) is 1. The molecule has 0 aliphatic heterocycles. The molecule has 1 aliphatic carbocycles. The van der Waals surface area contributed by atoms with Gasteiger partial charge in [0.15, 0.2) is 0 Å². The highest BCUT2D eigenvalue weighted by Crippen LogP contribution is 2.37. The molecule has 0 saturated heterocycles. The van der Waals surface area contributed by atoms with E-state index < -0.39 is 0 Å². The first-order chi connectivity index (χ1) is 6.83. The standard InChI is InChI=1S/C12H21NO/c1-2-14-10-9-12(11-13)7-5-3-4-6-8-12/h2-10H2,1H3. The van der Waals surface area contributed by atoms with Crippen LogP contribution in [-0.4, -0.2) is 13.2 Å². The van der Waals surface area contributed by atoms with Crippen molar-refractivity contribution >= 4 is 0 Å². The maximum absolute atomic E-state index is 9.26. The SMILES string of the molecule is CCOCCC1(C#N)CCCCCC1. The molecule has 0 N–H and O–H groups in total. The fourth-order valence-corrected chi connectivity index (χ4v) is 2.23. The molecule has 2 heteroatoms. The van der Waals surface area contributed by atoms with Gasteiger partial charge in [-0.1, -0.05) is 25.7 Å². The minimum atomic E-state index is -0.0638. The van der Waals surface area contributed by atoms with Gasteiger partial charge in [-0.25, -0.2) is 0 Å². The maximum atomic E-state index is 9.26. The van der Waals surface area contributed by atoms with E-state index in [4.69, 9.17) is 4.74 Å². The molecule has 1 aliphatic rings. The Labute approximate surface area is 87.3 Å². The summed E-state index contributed by atoms with van der Waals surface area (Å²) in [7, 11) is 0. The van der Waals surface area contributed by atoms with Gasteiger partial charge in [-0.2, -0.15) is 5.26 Å². The molecule has 0 atom stereocenters. The van der Waals surface area contributed by atoms with Gasteiger partial charge >= 0.3 is 0 Å². The Morgan fingerprint density at radius 2 is 1.86 bits per heavy atom. The first kappa shape index (κ1) is 11.5. The van der Waals surface area contributed by atoms with E-state index in [1.54, 1.807) is 0 Å². The van der Waals surface area contributed by atoms with Crippen LogP contribution in [0.3, 0.4) is 0 Å². The summed E-state index contributed by atoms with van der Waals surface area (Å²) >= 11 is 0. The lowest BCUT2D eigenvalue weighted by Gasteiger charge is -2.24. The predicted molar refractivity (Wildman–Crippen MR) is 56.9 cm³/mol. The first-order valence-electron chi connectivity index (χ1n) is 5.82. The maximum Gasteiger partial charge on any atom is 0.0690 e. The van der Waals surface area contributed by atoms with Crippen LogP contribution in [0.25, 0.3) is 0 Å². The monoisotopic (exact) mass is 195 g/mol. The summed E-state index contributed by atoms with van der Waals surface area (Å²) in [5, 5.41) is 9.26. The van der Waals surface area contributed by atoms with Crippen LogP contribution in [0, 0.1) is 16.7 Å². The van der Waals surface area contributed by atoms with Crippen LogP contribution >= 0.6 is 0 Å². The van der Waals surface area contributed by atoms with Gasteiger partial charge in [-0.05, 0) is 26.2 Å². The molecule has 0 amide bonds. The molecule has 2 nitrogen and oxygen atoms in total. The van der Waals surface area contributed by atoms with Gasteiger partial charge in [0.05, 0.1) is 11.5 Å². The van der Waals surface area contributed by atoms with Gasteiger partial charge in [-0.15, -0.1) is 0 Å². The van der Waals surface area contributed by atoms with E-state index in [9.17, 15) is 5.26 Å². The minimum Gasteiger partial charge on any atom is -0.382 e. The molecule has 1 saturated carbocycles. The van der Waals surface area contributed by atoms with Crippen molar-refractivity contribution in [1.29, 1.82) is 5.26 Å². The lowest BCUT2D eigenvalue weighted by Crippen LogP contribution is -2.20. The average Bonchev–Trinajstić information content (AvgIpc) is 2.45. The highest BCUT2D eigenvalue weighted by atomic mass is 16.5. The summed E-state index contributed by atoms with van der Waals surface area (Å²) in [6.45, 7) is 3.53. The zero-order valence-electron chi connectivity index (χ0n) is 9.22. The van der Waals surface area contributed by atoms with Gasteiger partial charge < -0.3 is 4.74 Å². The van der Waals surface area contributed by atoms with Crippen molar-refractivity contribution in [1.82, 2.24) is 0 Å². The van der Waals surface area contributed by atoms with Crippen molar-refractivity contribution in [2.24, 2.45) is 5.41 Å². The molecule has 1 rings (SSSR count). The second kappa shape index (κ2) is 6.03. The molecule has 0 bridgehead atoms. The summed E-state index contributed by atoms with van der Waals surface area (Å²) in [6, 6.07) is 2.54. The molecular formula is C12H21NO. The summed E-state index contributed by atoms with van der Waals surface area (Å²) in [5.41, 5.74) is -0.0638. The third-order valence-corrected chi connectivity index (χ3v) is 3.23. The van der Waals surface area contributed by atoms with Crippen molar-refractivity contribution < 1.29 is 4.74 Å². The van der Waals surface area contributed by atoms with Crippen LogP contribution in [0.15, 0.2) is 0 Å². The molecule has 0 unspecified atom stereocenters. The zero-order valence-corrected chi connectivity index (χ0v) is 9.22. The Hall–Kier alpha value is -0.550. The summed E-state index contributed by atoms with van der Waals surface area (Å²) in [6.07, 6.45) is 8.14. The molecule has 1 fully saturated rings. The Bertz CT molecular complexity index is 187. The lowest BCUT2D eigenvalue weighted by molar-refractivity contribution is 0.114. The van der Waals surface area contributed by atoms with Crippen molar-refractivity contribution in [2.45, 2.75) is 51.9 Å². The van der Waals surface area contributed by atoms with Crippen LogP contribution < -0.4 is 0 Å². The van der Waals surface area contributed by atoms with Crippen LogP contribution in [0.5, 0.6) is 0 Å². The quantitative estimate of drug-likeness (QED) is 0.509. The molecule has 0 aromatic carbocycles. The Kier molecular flexibility index (Phi) is 4.97. The van der Waals surface area contributed by atoms with Crippen LogP contribution in [0.1, 0.15) is 51.9 Å². The van der Waals surface area contributed by atoms with Gasteiger partial charge in [0.2, 0.25) is 0 Å². The second-order valence-electron chi connectivity index (χ2n) is 4.25. The van der Waals surface area contributed by atoms with Gasteiger partial charge in [0, 0.05) is 13.2 Å². The molecule has 14 heavy (non-hydrogen) atoms. The van der Waals surface area contributed by atoms with Crippen molar-refractivity contribution in [3.8, 4) is 6.07 Å². The van der Waals surface area contributed by atoms with Crippen LogP contribution in [0.4, 0.5) is 0 Å². The van der Waals surface area contributed by atoms with Crippen molar-refractivity contribution in [3.63, 3.8) is 0 Å². The zero-order chi connectivity index (χ0) is 10.3. The third kappa shape index (κ3) is 3.31. The molecule has 80 valence electrons. The summed E-state index contributed by atoms with van der Waals surface area (Å²) in [4.78, 5) is 0. The molecule has 0 heterocycles. The third-order valence-electron chi connectivity index (χ3n) is 3.23.